The highest BCUT2D eigenvalue weighted by Gasteiger charge is 2.32. The number of nitrogens with zero attached hydrogens (tertiary/aromatic N) is 1. The maximum Gasteiger partial charge on any atom is 0.236 e. The van der Waals surface area contributed by atoms with Crippen LogP contribution in [0.2, 0.25) is 0 Å². The molecule has 2 aliphatic heterocycles. The van der Waals surface area contributed by atoms with E-state index in [4.69, 9.17) is 4.74 Å². The third-order valence-electron chi connectivity index (χ3n) is 6.42. The van der Waals surface area contributed by atoms with Crippen LogP contribution < -0.4 is 15.0 Å². The monoisotopic (exact) mass is 440 g/mol. The first kappa shape index (κ1) is 21.3. The van der Waals surface area contributed by atoms with Gasteiger partial charge in [-0.05, 0) is 54.7 Å². The molecule has 3 aromatic rings. The van der Waals surface area contributed by atoms with Crippen LogP contribution in [0.3, 0.4) is 0 Å². The van der Waals surface area contributed by atoms with Gasteiger partial charge in [0.1, 0.15) is 11.5 Å². The number of carbonyl (C=O) groups excluding carboxylic acids is 2. The summed E-state index contributed by atoms with van der Waals surface area (Å²) >= 11 is 0. The Morgan fingerprint density at radius 2 is 1.67 bits per heavy atom. The molecule has 0 aliphatic carbocycles. The molecule has 5 rings (SSSR count). The first-order valence-electron chi connectivity index (χ1n) is 11.6. The van der Waals surface area contributed by atoms with E-state index in [1.807, 2.05) is 71.6 Å². The minimum atomic E-state index is -0.452. The van der Waals surface area contributed by atoms with Crippen LogP contribution >= 0.6 is 0 Å². The number of fused-ring (bicyclic) bond motifs is 3. The normalized spacial score (nSPS) is 14.9. The fourth-order valence-corrected chi connectivity index (χ4v) is 4.68. The van der Waals surface area contributed by atoms with E-state index in [9.17, 15) is 9.59 Å². The highest BCUT2D eigenvalue weighted by molar-refractivity contribution is 6.01. The number of amides is 2. The summed E-state index contributed by atoms with van der Waals surface area (Å²) in [5, 5.41) is 3.12. The van der Waals surface area contributed by atoms with Gasteiger partial charge in [0.05, 0.1) is 5.92 Å². The van der Waals surface area contributed by atoms with Gasteiger partial charge < -0.3 is 15.0 Å². The molecule has 0 radical (unpaired) electrons. The maximum absolute atomic E-state index is 13.5. The maximum atomic E-state index is 13.5. The molecule has 33 heavy (non-hydrogen) atoms. The molecule has 0 atom stereocenters. The van der Waals surface area contributed by atoms with Gasteiger partial charge in [0, 0.05) is 35.5 Å². The summed E-state index contributed by atoms with van der Waals surface area (Å²) < 4.78 is 6.03. The molecule has 0 saturated carbocycles. The number of hydrogen-bond acceptors (Lipinski definition) is 3. The van der Waals surface area contributed by atoms with Gasteiger partial charge in [0.15, 0.2) is 0 Å². The van der Waals surface area contributed by atoms with Gasteiger partial charge in [-0.2, -0.15) is 0 Å². The number of nitrogens with one attached hydrogen (secondary N) is 1. The second kappa shape index (κ2) is 8.74. The van der Waals surface area contributed by atoms with Crippen molar-refractivity contribution in [2.24, 2.45) is 5.92 Å². The van der Waals surface area contributed by atoms with E-state index in [1.54, 1.807) is 0 Å². The van der Waals surface area contributed by atoms with Crippen molar-refractivity contribution in [3.63, 3.8) is 0 Å². The zero-order valence-electron chi connectivity index (χ0n) is 19.0. The summed E-state index contributed by atoms with van der Waals surface area (Å²) in [5.41, 5.74) is 4.53. The Morgan fingerprint density at radius 3 is 2.33 bits per heavy atom. The van der Waals surface area contributed by atoms with Gasteiger partial charge >= 0.3 is 0 Å². The molecule has 0 spiro atoms. The van der Waals surface area contributed by atoms with Gasteiger partial charge in [-0.25, -0.2) is 0 Å². The predicted molar refractivity (Wildman–Crippen MR) is 130 cm³/mol. The molecule has 3 aromatic carbocycles. The fourth-order valence-electron chi connectivity index (χ4n) is 4.68. The molecule has 5 nitrogen and oxygen atoms in total. The molecular formula is C28H28N2O3. The van der Waals surface area contributed by atoms with Crippen LogP contribution in [0.5, 0.6) is 11.5 Å². The average molecular weight is 441 g/mol. The number of anilines is 2. The molecule has 2 amide bonds. The lowest BCUT2D eigenvalue weighted by molar-refractivity contribution is -0.119. The summed E-state index contributed by atoms with van der Waals surface area (Å²) in [6.07, 6.45) is 2.16. The first-order chi connectivity index (χ1) is 16.0. The van der Waals surface area contributed by atoms with Crippen LogP contribution in [-0.4, -0.2) is 18.4 Å². The van der Waals surface area contributed by atoms with E-state index < -0.39 is 5.92 Å². The molecule has 2 heterocycles. The molecule has 0 aromatic heterocycles. The Labute approximate surface area is 194 Å². The second-order valence-electron chi connectivity index (χ2n) is 9.17. The minimum absolute atomic E-state index is 0.0956. The largest absolute Gasteiger partial charge is 0.457 e. The number of aryl methyl sites for hydroxylation is 1. The Bertz CT molecular complexity index is 1170. The molecule has 0 saturated heterocycles. The fraction of sp³-hybridized carbons (Fsp3) is 0.286. The van der Waals surface area contributed by atoms with Crippen LogP contribution in [0, 0.1) is 5.92 Å². The van der Waals surface area contributed by atoms with Crippen molar-refractivity contribution in [3.05, 3.63) is 83.4 Å². The van der Waals surface area contributed by atoms with Crippen LogP contribution in [0.4, 0.5) is 11.4 Å². The van der Waals surface area contributed by atoms with Gasteiger partial charge in [-0.15, -0.1) is 0 Å². The summed E-state index contributed by atoms with van der Waals surface area (Å²) in [7, 11) is 0. The Balaban J connectivity index is 1.42. The average Bonchev–Trinajstić information content (AvgIpc) is 2.81. The van der Waals surface area contributed by atoms with Crippen LogP contribution in [-0.2, 0) is 16.0 Å². The van der Waals surface area contributed by atoms with Gasteiger partial charge in [0.25, 0.3) is 0 Å². The topological polar surface area (TPSA) is 58.6 Å². The molecule has 1 N–H and O–H groups in total. The molecule has 168 valence electrons. The molecule has 0 unspecified atom stereocenters. The molecule has 0 fully saturated rings. The zero-order valence-corrected chi connectivity index (χ0v) is 19.0. The predicted octanol–water partition coefficient (Wildman–Crippen LogP) is 5.89. The molecular weight excluding hydrogens is 412 g/mol. The lowest BCUT2D eigenvalue weighted by Gasteiger charge is -2.31. The van der Waals surface area contributed by atoms with Crippen molar-refractivity contribution in [2.75, 3.05) is 16.8 Å². The van der Waals surface area contributed by atoms with Gasteiger partial charge in [-0.1, -0.05) is 50.2 Å². The highest BCUT2D eigenvalue weighted by Crippen LogP contribution is 2.44. The quantitative estimate of drug-likeness (QED) is 0.538. The SMILES string of the molecule is CC(C)CCN1C(=O)CCc2cc(NC(=O)C3c4ccccc4Oc4ccccc43)ccc21. The third kappa shape index (κ3) is 4.11. The molecule has 0 bridgehead atoms. The van der Waals surface area contributed by atoms with Crippen molar-refractivity contribution >= 4 is 23.2 Å². The number of hydrogen-bond donors (Lipinski definition) is 1. The van der Waals surface area contributed by atoms with E-state index in [0.717, 1.165) is 41.0 Å². The van der Waals surface area contributed by atoms with E-state index in [1.165, 1.54) is 0 Å². The van der Waals surface area contributed by atoms with Crippen LogP contribution in [0.25, 0.3) is 0 Å². The third-order valence-corrected chi connectivity index (χ3v) is 6.42. The highest BCUT2D eigenvalue weighted by atomic mass is 16.5. The van der Waals surface area contributed by atoms with Crippen LogP contribution in [0.1, 0.15) is 49.3 Å². The standard InChI is InChI=1S/C28H28N2O3/c1-18(2)15-16-30-23-13-12-20(17-19(23)11-14-26(30)31)29-28(32)27-21-7-3-5-9-24(21)33-25-10-6-4-8-22(25)27/h3-10,12-13,17-18,27H,11,14-16H2,1-2H3,(H,29,32). The smallest absolute Gasteiger partial charge is 0.236 e. The van der Waals surface area contributed by atoms with E-state index in [0.29, 0.717) is 30.3 Å². The summed E-state index contributed by atoms with van der Waals surface area (Å²) in [6.45, 7) is 5.06. The number of ether oxygens (including phenoxy) is 1. The lowest BCUT2D eigenvalue weighted by atomic mass is 9.87. The minimum Gasteiger partial charge on any atom is -0.457 e. The zero-order chi connectivity index (χ0) is 22.9. The summed E-state index contributed by atoms with van der Waals surface area (Å²) in [6, 6.07) is 21.2. The number of benzene rings is 3. The lowest BCUT2D eigenvalue weighted by Crippen LogP contribution is -2.36. The van der Waals surface area contributed by atoms with E-state index >= 15 is 0 Å². The van der Waals surface area contributed by atoms with E-state index in [-0.39, 0.29) is 11.8 Å². The van der Waals surface area contributed by atoms with Crippen molar-refractivity contribution in [1.82, 2.24) is 0 Å². The van der Waals surface area contributed by atoms with Crippen LogP contribution in [0.15, 0.2) is 66.7 Å². The van der Waals surface area contributed by atoms with Crippen molar-refractivity contribution in [3.8, 4) is 11.5 Å². The van der Waals surface area contributed by atoms with Gasteiger partial charge in [0.2, 0.25) is 11.8 Å². The summed E-state index contributed by atoms with van der Waals surface area (Å²) in [5.74, 6) is 1.58. The molecule has 5 heteroatoms. The first-order valence-corrected chi connectivity index (χ1v) is 11.6. The van der Waals surface area contributed by atoms with Crippen molar-refractivity contribution in [1.29, 1.82) is 0 Å². The van der Waals surface area contributed by atoms with E-state index in [2.05, 4.69) is 19.2 Å². The second-order valence-corrected chi connectivity index (χ2v) is 9.17. The number of carbonyl (C=O) groups is 2. The Kier molecular flexibility index (Phi) is 5.63. The number of rotatable bonds is 5. The van der Waals surface area contributed by atoms with Gasteiger partial charge in [-0.3, -0.25) is 9.59 Å². The van der Waals surface area contributed by atoms with Crippen molar-refractivity contribution in [2.45, 2.75) is 39.0 Å². The van der Waals surface area contributed by atoms with Crippen molar-refractivity contribution < 1.29 is 14.3 Å². The number of para-hydroxylation sites is 2. The summed E-state index contributed by atoms with van der Waals surface area (Å²) in [4.78, 5) is 27.9. The molecule has 2 aliphatic rings. The Hall–Kier alpha value is -3.60. The Morgan fingerprint density at radius 1 is 1.00 bits per heavy atom.